The molecule has 3 aromatic heterocycles. The van der Waals surface area contributed by atoms with Crippen LogP contribution < -0.4 is 10.1 Å². The van der Waals surface area contributed by atoms with Gasteiger partial charge in [0, 0.05) is 23.8 Å². The second-order valence-corrected chi connectivity index (χ2v) is 4.87. The van der Waals surface area contributed by atoms with Crippen molar-refractivity contribution < 1.29 is 4.74 Å². The van der Waals surface area contributed by atoms with Crippen LogP contribution in [-0.4, -0.2) is 21.0 Å². The lowest BCUT2D eigenvalue weighted by molar-refractivity contribution is 0.327. The van der Waals surface area contributed by atoms with Gasteiger partial charge in [-0.15, -0.1) is 11.3 Å². The van der Waals surface area contributed by atoms with Gasteiger partial charge in [0.2, 0.25) is 5.88 Å². The minimum atomic E-state index is 0.630. The van der Waals surface area contributed by atoms with Gasteiger partial charge in [0.25, 0.3) is 0 Å². The van der Waals surface area contributed by atoms with Crippen LogP contribution in [0.2, 0.25) is 0 Å². The first kappa shape index (κ1) is 12.0. The zero-order valence-corrected chi connectivity index (χ0v) is 11.4. The Hall–Kier alpha value is -2.08. The predicted molar refractivity (Wildman–Crippen MR) is 75.8 cm³/mol. The van der Waals surface area contributed by atoms with Gasteiger partial charge < -0.3 is 10.1 Å². The number of nitrogens with one attached hydrogen (secondary N) is 1. The van der Waals surface area contributed by atoms with Crippen LogP contribution in [0, 0.1) is 0 Å². The van der Waals surface area contributed by atoms with E-state index >= 15 is 0 Å². The van der Waals surface area contributed by atoms with Crippen molar-refractivity contribution in [2.75, 3.05) is 11.9 Å². The summed E-state index contributed by atoms with van der Waals surface area (Å²) in [6, 6.07) is 3.81. The van der Waals surface area contributed by atoms with E-state index in [0.717, 1.165) is 16.3 Å². The normalized spacial score (nSPS) is 10.8. The number of hydrogen-bond donors (Lipinski definition) is 1. The van der Waals surface area contributed by atoms with Crippen LogP contribution in [0.25, 0.3) is 4.96 Å². The van der Waals surface area contributed by atoms with Crippen LogP contribution in [0.3, 0.4) is 0 Å². The molecule has 1 N–H and O–H groups in total. The number of ether oxygens (including phenoxy) is 1. The summed E-state index contributed by atoms with van der Waals surface area (Å²) in [6.45, 7) is 3.26. The van der Waals surface area contributed by atoms with Crippen molar-refractivity contribution in [3.05, 3.63) is 41.8 Å². The van der Waals surface area contributed by atoms with E-state index in [1.807, 2.05) is 41.2 Å². The molecule has 0 radical (unpaired) electrons. The highest BCUT2D eigenvalue weighted by Crippen LogP contribution is 2.14. The van der Waals surface area contributed by atoms with Crippen molar-refractivity contribution in [3.63, 3.8) is 0 Å². The summed E-state index contributed by atoms with van der Waals surface area (Å²) in [4.78, 5) is 9.73. The first-order valence-corrected chi connectivity index (χ1v) is 6.97. The molecule has 0 atom stereocenters. The van der Waals surface area contributed by atoms with Gasteiger partial charge in [0.15, 0.2) is 4.96 Å². The molecule has 0 aromatic carbocycles. The molecule has 0 unspecified atom stereocenters. The van der Waals surface area contributed by atoms with Gasteiger partial charge in [0.05, 0.1) is 30.7 Å². The van der Waals surface area contributed by atoms with Crippen molar-refractivity contribution in [1.29, 1.82) is 0 Å². The highest BCUT2D eigenvalue weighted by molar-refractivity contribution is 7.15. The number of imidazole rings is 1. The quantitative estimate of drug-likeness (QED) is 0.777. The van der Waals surface area contributed by atoms with Crippen LogP contribution in [0.1, 0.15) is 12.6 Å². The number of pyridine rings is 1. The summed E-state index contributed by atoms with van der Waals surface area (Å²) in [6.07, 6.45) is 5.80. The number of thiazole rings is 1. The number of fused-ring (bicyclic) bond motifs is 1. The number of rotatable bonds is 5. The molecule has 0 bridgehead atoms. The van der Waals surface area contributed by atoms with Crippen LogP contribution in [0.4, 0.5) is 5.69 Å². The summed E-state index contributed by atoms with van der Waals surface area (Å²) in [7, 11) is 0. The number of anilines is 1. The maximum Gasteiger partial charge on any atom is 0.213 e. The average molecular weight is 274 g/mol. The summed E-state index contributed by atoms with van der Waals surface area (Å²) < 4.78 is 7.33. The molecule has 0 saturated heterocycles. The molecular formula is C13H14N4OS. The highest BCUT2D eigenvalue weighted by Gasteiger charge is 2.02. The van der Waals surface area contributed by atoms with Crippen molar-refractivity contribution in [3.8, 4) is 5.88 Å². The first-order chi connectivity index (χ1) is 9.35. The Balaban J connectivity index is 1.63. The van der Waals surface area contributed by atoms with Crippen LogP contribution in [-0.2, 0) is 6.54 Å². The molecule has 3 heterocycles. The number of hydrogen-bond acceptors (Lipinski definition) is 5. The average Bonchev–Trinajstić information content (AvgIpc) is 2.99. The molecule has 3 rings (SSSR count). The SMILES string of the molecule is CCOc1ccc(NCc2cn3ccsc3n2)cn1. The van der Waals surface area contributed by atoms with Crippen molar-refractivity contribution in [2.24, 2.45) is 0 Å². The fourth-order valence-electron chi connectivity index (χ4n) is 1.77. The molecule has 0 saturated carbocycles. The van der Waals surface area contributed by atoms with Gasteiger partial charge in [-0.2, -0.15) is 0 Å². The maximum atomic E-state index is 5.30. The molecular weight excluding hydrogens is 260 g/mol. The van der Waals surface area contributed by atoms with Crippen molar-refractivity contribution in [2.45, 2.75) is 13.5 Å². The van der Waals surface area contributed by atoms with E-state index in [0.29, 0.717) is 19.0 Å². The van der Waals surface area contributed by atoms with Crippen LogP contribution in [0.15, 0.2) is 36.1 Å². The summed E-state index contributed by atoms with van der Waals surface area (Å²) in [5.41, 5.74) is 1.97. The zero-order chi connectivity index (χ0) is 13.1. The molecule has 0 spiro atoms. The third kappa shape index (κ3) is 2.68. The lowest BCUT2D eigenvalue weighted by Crippen LogP contribution is -2.01. The molecule has 3 aromatic rings. The Labute approximate surface area is 114 Å². The Morgan fingerprint density at radius 1 is 1.42 bits per heavy atom. The second-order valence-electron chi connectivity index (χ2n) is 4.00. The van der Waals surface area contributed by atoms with Gasteiger partial charge in [-0.1, -0.05) is 0 Å². The van der Waals surface area contributed by atoms with Crippen molar-refractivity contribution >= 4 is 22.0 Å². The van der Waals surface area contributed by atoms with E-state index in [4.69, 9.17) is 4.74 Å². The van der Waals surface area contributed by atoms with Gasteiger partial charge >= 0.3 is 0 Å². The maximum absolute atomic E-state index is 5.30. The largest absolute Gasteiger partial charge is 0.478 e. The van der Waals surface area contributed by atoms with Gasteiger partial charge in [-0.05, 0) is 13.0 Å². The molecule has 0 amide bonds. The zero-order valence-electron chi connectivity index (χ0n) is 10.5. The molecule has 19 heavy (non-hydrogen) atoms. The van der Waals surface area contributed by atoms with Crippen LogP contribution in [0.5, 0.6) is 5.88 Å². The molecule has 5 nitrogen and oxygen atoms in total. The van der Waals surface area contributed by atoms with Gasteiger partial charge in [-0.3, -0.25) is 4.40 Å². The molecule has 98 valence electrons. The van der Waals surface area contributed by atoms with Crippen LogP contribution >= 0.6 is 11.3 Å². The second kappa shape index (κ2) is 5.27. The topological polar surface area (TPSA) is 51.5 Å². The smallest absolute Gasteiger partial charge is 0.213 e. The minimum Gasteiger partial charge on any atom is -0.478 e. The highest BCUT2D eigenvalue weighted by atomic mass is 32.1. The van der Waals surface area contributed by atoms with E-state index in [2.05, 4.69) is 15.3 Å². The van der Waals surface area contributed by atoms with E-state index < -0.39 is 0 Å². The van der Waals surface area contributed by atoms with Gasteiger partial charge in [-0.25, -0.2) is 9.97 Å². The molecule has 0 aliphatic rings. The monoisotopic (exact) mass is 274 g/mol. The third-order valence-electron chi connectivity index (χ3n) is 2.65. The number of nitrogens with zero attached hydrogens (tertiary/aromatic N) is 3. The lowest BCUT2D eigenvalue weighted by atomic mass is 10.4. The molecule has 0 aliphatic carbocycles. The third-order valence-corrected chi connectivity index (χ3v) is 3.42. The summed E-state index contributed by atoms with van der Waals surface area (Å²) in [5.74, 6) is 0.649. The van der Waals surface area contributed by atoms with E-state index in [1.54, 1.807) is 17.5 Å². The first-order valence-electron chi connectivity index (χ1n) is 6.09. The fraction of sp³-hybridized carbons (Fsp3) is 0.231. The Bertz CT molecular complexity index is 630. The lowest BCUT2D eigenvalue weighted by Gasteiger charge is -2.05. The summed E-state index contributed by atoms with van der Waals surface area (Å²) in [5, 5.41) is 5.32. The molecule has 0 aliphatic heterocycles. The Kier molecular flexibility index (Phi) is 3.33. The Morgan fingerprint density at radius 3 is 3.11 bits per heavy atom. The van der Waals surface area contributed by atoms with Gasteiger partial charge in [0.1, 0.15) is 0 Å². The predicted octanol–water partition coefficient (Wildman–Crippen LogP) is 2.80. The Morgan fingerprint density at radius 2 is 2.37 bits per heavy atom. The van der Waals surface area contributed by atoms with E-state index in [9.17, 15) is 0 Å². The molecule has 0 fully saturated rings. The molecule has 6 heteroatoms. The standard InChI is InChI=1S/C13H14N4OS/c1-2-18-12-4-3-10(7-15-12)14-8-11-9-17-5-6-19-13(17)16-11/h3-7,9,14H,2,8H2,1H3. The number of aromatic nitrogens is 3. The fourth-order valence-corrected chi connectivity index (χ4v) is 2.49. The minimum absolute atomic E-state index is 0.630. The summed E-state index contributed by atoms with van der Waals surface area (Å²) >= 11 is 1.63. The van der Waals surface area contributed by atoms with E-state index in [1.165, 1.54) is 0 Å². The van der Waals surface area contributed by atoms with Crippen molar-refractivity contribution in [1.82, 2.24) is 14.4 Å². The van der Waals surface area contributed by atoms with E-state index in [-0.39, 0.29) is 0 Å².